The molecule has 0 spiro atoms. The molecule has 0 radical (unpaired) electrons. The monoisotopic (exact) mass is 337 g/mol. The number of ether oxygens (including phenoxy) is 2. The third kappa shape index (κ3) is 4.03. The van der Waals surface area contributed by atoms with Crippen molar-refractivity contribution in [2.75, 3.05) is 5.73 Å². The fourth-order valence-electron chi connectivity index (χ4n) is 2.16. The number of hydrogen-bond acceptors (Lipinski definition) is 6. The van der Waals surface area contributed by atoms with E-state index in [1.54, 1.807) is 24.3 Å². The first kappa shape index (κ1) is 16.3. The van der Waals surface area contributed by atoms with Gasteiger partial charge in [-0.25, -0.2) is 0 Å². The van der Waals surface area contributed by atoms with Crippen molar-refractivity contribution < 1.29 is 14.4 Å². The van der Waals surface area contributed by atoms with Crippen molar-refractivity contribution in [3.8, 4) is 17.2 Å². The van der Waals surface area contributed by atoms with E-state index in [4.69, 9.17) is 15.2 Å². The molecule has 3 rings (SSSR count). The molecule has 7 nitrogen and oxygen atoms in total. The van der Waals surface area contributed by atoms with Gasteiger partial charge in [0.15, 0.2) is 5.75 Å². The molecule has 0 saturated heterocycles. The maximum Gasteiger partial charge on any atom is 0.410 e. The first-order chi connectivity index (χ1) is 12.1. The molecule has 0 saturated carbocycles. The fourth-order valence-corrected chi connectivity index (χ4v) is 2.16. The number of nitrogens with zero attached hydrogens (tertiary/aromatic N) is 2. The predicted molar refractivity (Wildman–Crippen MR) is 92.6 cm³/mol. The topological polar surface area (TPSA) is 101 Å². The predicted octanol–water partition coefficient (Wildman–Crippen LogP) is 3.94. The van der Waals surface area contributed by atoms with Crippen molar-refractivity contribution in [1.29, 1.82) is 0 Å². The Labute approximate surface area is 143 Å². The number of benzene rings is 2. The van der Waals surface area contributed by atoms with Crippen LogP contribution in [0.4, 0.5) is 11.5 Å². The van der Waals surface area contributed by atoms with Crippen LogP contribution >= 0.6 is 0 Å². The number of aromatic nitrogens is 1. The van der Waals surface area contributed by atoms with Crippen LogP contribution in [-0.2, 0) is 6.61 Å². The summed E-state index contributed by atoms with van der Waals surface area (Å²) in [6.07, 6.45) is 1.31. The second kappa shape index (κ2) is 7.31. The zero-order valence-electron chi connectivity index (χ0n) is 13.2. The average molecular weight is 337 g/mol. The molecule has 0 aliphatic carbocycles. The van der Waals surface area contributed by atoms with Gasteiger partial charge in [-0.05, 0) is 39.7 Å². The van der Waals surface area contributed by atoms with Crippen molar-refractivity contribution >= 4 is 11.5 Å². The third-order valence-electron chi connectivity index (χ3n) is 3.36. The fraction of sp³-hybridized carbons (Fsp3) is 0.0556. The summed E-state index contributed by atoms with van der Waals surface area (Å²) in [5.41, 5.74) is 7.11. The van der Waals surface area contributed by atoms with Crippen molar-refractivity contribution in [3.63, 3.8) is 0 Å². The highest BCUT2D eigenvalue weighted by Gasteiger charge is 2.23. The van der Waals surface area contributed by atoms with Crippen LogP contribution < -0.4 is 15.2 Å². The molecule has 7 heteroatoms. The summed E-state index contributed by atoms with van der Waals surface area (Å²) in [6.45, 7) is 0.158. The summed E-state index contributed by atoms with van der Waals surface area (Å²) in [5.74, 6) is 0.277. The molecule has 25 heavy (non-hydrogen) atoms. The molecule has 0 fully saturated rings. The molecule has 0 aliphatic rings. The normalized spacial score (nSPS) is 10.2. The Hall–Kier alpha value is -3.61. The molecule has 126 valence electrons. The Kier molecular flexibility index (Phi) is 4.75. The summed E-state index contributed by atoms with van der Waals surface area (Å²) < 4.78 is 11.4. The second-order valence-electron chi connectivity index (χ2n) is 5.16. The van der Waals surface area contributed by atoms with Crippen molar-refractivity contribution in [1.82, 2.24) is 4.98 Å². The minimum atomic E-state index is -0.601. The highest BCUT2D eigenvalue weighted by molar-refractivity contribution is 5.53. The number of nitro groups is 1. The van der Waals surface area contributed by atoms with Gasteiger partial charge < -0.3 is 25.3 Å². The lowest BCUT2D eigenvalue weighted by atomic mass is 10.2. The SMILES string of the molecule is Nc1ccc(Oc2ccnc([N+](=O)[O-])c2OCc2ccccc2)cc1. The Morgan fingerprint density at radius 1 is 1.04 bits per heavy atom. The Morgan fingerprint density at radius 3 is 2.44 bits per heavy atom. The summed E-state index contributed by atoms with van der Waals surface area (Å²) in [5, 5.41) is 11.3. The largest absolute Gasteiger partial charge is 0.478 e. The van der Waals surface area contributed by atoms with E-state index < -0.39 is 10.7 Å². The first-order valence-electron chi connectivity index (χ1n) is 7.47. The Balaban J connectivity index is 1.90. The van der Waals surface area contributed by atoms with Gasteiger partial charge in [0.05, 0.1) is 0 Å². The molecule has 0 amide bonds. The van der Waals surface area contributed by atoms with Gasteiger partial charge >= 0.3 is 5.82 Å². The van der Waals surface area contributed by atoms with Gasteiger partial charge in [-0.2, -0.15) is 0 Å². The molecule has 0 bridgehead atoms. The van der Waals surface area contributed by atoms with Crippen LogP contribution in [0.3, 0.4) is 0 Å². The lowest BCUT2D eigenvalue weighted by Gasteiger charge is -2.12. The third-order valence-corrected chi connectivity index (χ3v) is 3.36. The van der Waals surface area contributed by atoms with E-state index >= 15 is 0 Å². The van der Waals surface area contributed by atoms with Gasteiger partial charge in [0.1, 0.15) is 18.6 Å². The Bertz CT molecular complexity index is 867. The number of nitrogen functional groups attached to an aromatic ring is 1. The molecule has 0 atom stereocenters. The summed E-state index contributed by atoms with van der Waals surface area (Å²) >= 11 is 0. The maximum absolute atomic E-state index is 11.3. The molecular weight excluding hydrogens is 322 g/mol. The zero-order valence-corrected chi connectivity index (χ0v) is 13.2. The Morgan fingerprint density at radius 2 is 1.76 bits per heavy atom. The van der Waals surface area contributed by atoms with Crippen LogP contribution in [0.15, 0.2) is 66.9 Å². The molecule has 3 aromatic rings. The van der Waals surface area contributed by atoms with Crippen molar-refractivity contribution in [2.45, 2.75) is 6.61 Å². The van der Waals surface area contributed by atoms with E-state index in [1.807, 2.05) is 30.3 Å². The highest BCUT2D eigenvalue weighted by Crippen LogP contribution is 2.38. The van der Waals surface area contributed by atoms with E-state index in [-0.39, 0.29) is 18.1 Å². The van der Waals surface area contributed by atoms with Crippen LogP contribution in [0.25, 0.3) is 0 Å². The molecule has 1 aromatic heterocycles. The van der Waals surface area contributed by atoms with E-state index in [0.717, 1.165) is 5.56 Å². The number of pyridine rings is 1. The van der Waals surface area contributed by atoms with Gasteiger partial charge in [-0.3, -0.25) is 0 Å². The second-order valence-corrected chi connectivity index (χ2v) is 5.16. The van der Waals surface area contributed by atoms with Gasteiger partial charge in [0.2, 0.25) is 0 Å². The van der Waals surface area contributed by atoms with Crippen LogP contribution in [0.5, 0.6) is 17.2 Å². The minimum Gasteiger partial charge on any atom is -0.478 e. The number of anilines is 1. The molecular formula is C18H15N3O4. The van der Waals surface area contributed by atoms with Crippen molar-refractivity contribution in [2.24, 2.45) is 0 Å². The number of rotatable bonds is 6. The quantitative estimate of drug-likeness (QED) is 0.415. The smallest absolute Gasteiger partial charge is 0.410 e. The number of nitrogens with two attached hydrogens (primary N) is 1. The molecule has 2 N–H and O–H groups in total. The van der Waals surface area contributed by atoms with Crippen LogP contribution in [0.2, 0.25) is 0 Å². The minimum absolute atomic E-state index is 0.0202. The van der Waals surface area contributed by atoms with E-state index in [1.165, 1.54) is 12.3 Å². The summed E-state index contributed by atoms with van der Waals surface area (Å²) in [4.78, 5) is 14.5. The highest BCUT2D eigenvalue weighted by atomic mass is 16.6. The van der Waals surface area contributed by atoms with Gasteiger partial charge in [0, 0.05) is 11.8 Å². The maximum atomic E-state index is 11.3. The van der Waals surface area contributed by atoms with E-state index in [0.29, 0.717) is 11.4 Å². The lowest BCUT2D eigenvalue weighted by Crippen LogP contribution is -2.02. The van der Waals surface area contributed by atoms with Crippen LogP contribution in [-0.4, -0.2) is 9.91 Å². The standard InChI is InChI=1S/C18H15N3O4/c19-14-6-8-15(9-7-14)25-16-10-11-20-18(21(22)23)17(16)24-12-13-4-2-1-3-5-13/h1-11H,12,19H2. The first-order valence-corrected chi connectivity index (χ1v) is 7.47. The van der Waals surface area contributed by atoms with Crippen LogP contribution in [0, 0.1) is 10.1 Å². The van der Waals surface area contributed by atoms with Crippen molar-refractivity contribution in [3.05, 3.63) is 82.5 Å². The lowest BCUT2D eigenvalue weighted by molar-refractivity contribution is -0.390. The van der Waals surface area contributed by atoms with Gasteiger partial charge in [0.25, 0.3) is 5.75 Å². The van der Waals surface area contributed by atoms with E-state index in [9.17, 15) is 10.1 Å². The van der Waals surface area contributed by atoms with Gasteiger partial charge in [-0.15, -0.1) is 0 Å². The zero-order chi connectivity index (χ0) is 17.6. The molecule has 2 aromatic carbocycles. The van der Waals surface area contributed by atoms with Gasteiger partial charge in [-0.1, -0.05) is 30.3 Å². The molecule has 0 aliphatic heterocycles. The van der Waals surface area contributed by atoms with Crippen LogP contribution in [0.1, 0.15) is 5.56 Å². The summed E-state index contributed by atoms with van der Waals surface area (Å²) in [6, 6.07) is 17.5. The molecule has 0 unspecified atom stereocenters. The summed E-state index contributed by atoms with van der Waals surface area (Å²) in [7, 11) is 0. The average Bonchev–Trinajstić information content (AvgIpc) is 2.63. The number of hydrogen-bond donors (Lipinski definition) is 1. The molecule has 1 heterocycles. The van der Waals surface area contributed by atoms with E-state index in [2.05, 4.69) is 4.98 Å².